The Morgan fingerprint density at radius 2 is 1.82 bits per heavy atom. The van der Waals surface area contributed by atoms with Gasteiger partial charge in [-0.05, 0) is 0 Å². The van der Waals surface area contributed by atoms with E-state index >= 15 is 0 Å². The summed E-state index contributed by atoms with van der Waals surface area (Å²) >= 11 is 0. The van der Waals surface area contributed by atoms with Gasteiger partial charge >= 0.3 is 12.3 Å². The molecule has 0 aliphatic carbocycles. The number of halogens is 3. The lowest BCUT2D eigenvalue weighted by Gasteiger charge is -2.34. The van der Waals surface area contributed by atoms with Crippen molar-refractivity contribution in [3.8, 4) is 0 Å². The normalized spacial score (nSPS) is 18.2. The molecule has 1 aliphatic rings. The molecular weight excluding hydrogens is 241 g/mol. The lowest BCUT2D eigenvalue weighted by Crippen LogP contribution is -2.51. The highest BCUT2D eigenvalue weighted by Gasteiger charge is 2.33. The molecule has 1 amide bonds. The van der Waals surface area contributed by atoms with Gasteiger partial charge in [0, 0.05) is 26.2 Å². The zero-order chi connectivity index (χ0) is 12.9. The fraction of sp³-hybridized carbons (Fsp3) is 0.889. The number of carbonyl (C=O) groups excluding carboxylic acids is 1. The van der Waals surface area contributed by atoms with Crippen LogP contribution in [0.4, 0.5) is 18.0 Å². The van der Waals surface area contributed by atoms with E-state index in [9.17, 15) is 18.0 Å². The molecule has 1 fully saturated rings. The molecular formula is C9H15F3N2O3. The minimum atomic E-state index is -4.21. The summed E-state index contributed by atoms with van der Waals surface area (Å²) in [5.41, 5.74) is 0. The van der Waals surface area contributed by atoms with Gasteiger partial charge in [0.05, 0.1) is 13.2 Å². The first-order valence-electron chi connectivity index (χ1n) is 5.24. The predicted octanol–water partition coefficient (Wildman–Crippen LogP) is 0.295. The zero-order valence-corrected chi connectivity index (χ0v) is 9.24. The molecule has 1 aliphatic heterocycles. The van der Waals surface area contributed by atoms with Gasteiger partial charge in [0.2, 0.25) is 0 Å². The van der Waals surface area contributed by atoms with Gasteiger partial charge in [0.25, 0.3) is 0 Å². The molecule has 17 heavy (non-hydrogen) atoms. The van der Waals surface area contributed by atoms with Gasteiger partial charge in [-0.2, -0.15) is 13.2 Å². The first-order valence-corrected chi connectivity index (χ1v) is 5.24. The van der Waals surface area contributed by atoms with Crippen molar-refractivity contribution in [3.63, 3.8) is 0 Å². The Labute approximate surface area is 96.7 Å². The lowest BCUT2D eigenvalue weighted by atomic mass is 10.3. The van der Waals surface area contributed by atoms with Crippen molar-refractivity contribution in [1.29, 1.82) is 0 Å². The van der Waals surface area contributed by atoms with Crippen molar-refractivity contribution in [2.75, 3.05) is 45.9 Å². The Morgan fingerprint density at radius 3 is 2.29 bits per heavy atom. The third-order valence-corrected chi connectivity index (χ3v) is 2.35. The van der Waals surface area contributed by atoms with Crippen LogP contribution in [0.2, 0.25) is 0 Å². The zero-order valence-electron chi connectivity index (χ0n) is 9.24. The number of aliphatic hydroxyl groups excluding tert-OH is 1. The second-order valence-electron chi connectivity index (χ2n) is 3.72. The van der Waals surface area contributed by atoms with Crippen molar-refractivity contribution in [1.82, 2.24) is 9.80 Å². The van der Waals surface area contributed by atoms with Crippen molar-refractivity contribution in [3.05, 3.63) is 0 Å². The molecule has 0 unspecified atom stereocenters. The van der Waals surface area contributed by atoms with E-state index in [4.69, 9.17) is 5.11 Å². The summed E-state index contributed by atoms with van der Waals surface area (Å²) in [6, 6.07) is 0. The highest BCUT2D eigenvalue weighted by Crippen LogP contribution is 2.17. The summed E-state index contributed by atoms with van der Waals surface area (Å²) in [7, 11) is 0. The monoisotopic (exact) mass is 256 g/mol. The molecule has 0 aromatic heterocycles. The molecule has 0 spiro atoms. The van der Waals surface area contributed by atoms with E-state index in [0.29, 0.717) is 0 Å². The Hall–Kier alpha value is -1.02. The maximum absolute atomic E-state index is 12.1. The first kappa shape index (κ1) is 14.0. The number of alkyl halides is 3. The largest absolute Gasteiger partial charge is 0.447 e. The summed E-state index contributed by atoms with van der Waals surface area (Å²) < 4.78 is 40.9. The van der Waals surface area contributed by atoms with Gasteiger partial charge in [-0.25, -0.2) is 4.79 Å². The molecule has 8 heteroatoms. The minimum absolute atomic E-state index is 0.0956. The number of piperazine rings is 1. The molecule has 100 valence electrons. The van der Waals surface area contributed by atoms with Gasteiger partial charge in [-0.1, -0.05) is 0 Å². The highest BCUT2D eigenvalue weighted by atomic mass is 19.4. The quantitative estimate of drug-likeness (QED) is 0.789. The standard InChI is InChI=1S/C9H15F3N2O3/c10-9(11,12)7-13-1-3-14(4-2-13)8(16)17-6-5-15/h15H,1-7H2. The van der Waals surface area contributed by atoms with E-state index in [2.05, 4.69) is 4.74 Å². The molecule has 5 nitrogen and oxygen atoms in total. The highest BCUT2D eigenvalue weighted by molar-refractivity contribution is 5.67. The number of hydrogen-bond acceptors (Lipinski definition) is 4. The topological polar surface area (TPSA) is 53.0 Å². The van der Waals surface area contributed by atoms with Crippen molar-refractivity contribution in [2.45, 2.75) is 6.18 Å². The van der Waals surface area contributed by atoms with Crippen LogP contribution in [-0.2, 0) is 4.74 Å². The number of ether oxygens (including phenoxy) is 1. The summed E-state index contributed by atoms with van der Waals surface area (Å²) in [5.74, 6) is 0. The Morgan fingerprint density at radius 1 is 1.24 bits per heavy atom. The van der Waals surface area contributed by atoms with Gasteiger partial charge in [-0.3, -0.25) is 4.90 Å². The van der Waals surface area contributed by atoms with E-state index in [1.807, 2.05) is 0 Å². The summed E-state index contributed by atoms with van der Waals surface area (Å²) in [5, 5.41) is 8.45. The Bertz CT molecular complexity index is 252. The van der Waals surface area contributed by atoms with Crippen LogP contribution in [0.3, 0.4) is 0 Å². The summed E-state index contributed by atoms with van der Waals surface area (Å²) in [6.07, 6.45) is -4.80. The van der Waals surface area contributed by atoms with Crippen LogP contribution in [0, 0.1) is 0 Å². The second-order valence-corrected chi connectivity index (χ2v) is 3.72. The van der Waals surface area contributed by atoms with E-state index in [0.717, 1.165) is 0 Å². The molecule has 0 aromatic carbocycles. The fourth-order valence-corrected chi connectivity index (χ4v) is 1.57. The number of amides is 1. The van der Waals surface area contributed by atoms with Crippen LogP contribution < -0.4 is 0 Å². The van der Waals surface area contributed by atoms with Crippen LogP contribution >= 0.6 is 0 Å². The van der Waals surface area contributed by atoms with Gasteiger partial charge in [-0.15, -0.1) is 0 Å². The van der Waals surface area contributed by atoms with E-state index in [1.54, 1.807) is 0 Å². The number of hydrogen-bond donors (Lipinski definition) is 1. The lowest BCUT2D eigenvalue weighted by molar-refractivity contribution is -0.148. The van der Waals surface area contributed by atoms with Crippen molar-refractivity contribution < 1.29 is 27.8 Å². The van der Waals surface area contributed by atoms with Crippen LogP contribution in [0.5, 0.6) is 0 Å². The molecule has 1 rings (SSSR count). The Kier molecular flexibility index (Phi) is 5.01. The molecule has 1 saturated heterocycles. The summed E-state index contributed by atoms with van der Waals surface area (Å²) in [6.45, 7) is -0.546. The molecule has 0 radical (unpaired) electrons. The molecule has 0 atom stereocenters. The molecule has 0 bridgehead atoms. The number of carbonyl (C=O) groups is 1. The van der Waals surface area contributed by atoms with Gasteiger partial charge < -0.3 is 14.7 Å². The van der Waals surface area contributed by atoms with Crippen molar-refractivity contribution >= 4 is 6.09 Å². The van der Waals surface area contributed by atoms with Crippen LogP contribution in [0.1, 0.15) is 0 Å². The predicted molar refractivity (Wildman–Crippen MR) is 52.5 cm³/mol. The van der Waals surface area contributed by atoms with Crippen LogP contribution in [0.15, 0.2) is 0 Å². The average Bonchev–Trinajstić information content (AvgIpc) is 2.24. The first-order chi connectivity index (χ1) is 7.92. The third kappa shape index (κ3) is 5.22. The summed E-state index contributed by atoms with van der Waals surface area (Å²) in [4.78, 5) is 13.9. The SMILES string of the molecule is O=C(OCCO)N1CCN(CC(F)(F)F)CC1. The number of nitrogens with zero attached hydrogens (tertiary/aromatic N) is 2. The van der Waals surface area contributed by atoms with Crippen molar-refractivity contribution in [2.24, 2.45) is 0 Å². The van der Waals surface area contributed by atoms with Crippen LogP contribution in [-0.4, -0.2) is 73.1 Å². The molecule has 1 N–H and O–H groups in total. The average molecular weight is 256 g/mol. The van der Waals surface area contributed by atoms with Gasteiger partial charge in [0.1, 0.15) is 6.61 Å². The van der Waals surface area contributed by atoms with Crippen LogP contribution in [0.25, 0.3) is 0 Å². The smallest absolute Gasteiger partial charge is 0.409 e. The molecule has 0 saturated carbocycles. The maximum Gasteiger partial charge on any atom is 0.409 e. The fourth-order valence-electron chi connectivity index (χ4n) is 1.57. The third-order valence-electron chi connectivity index (χ3n) is 2.35. The van der Waals surface area contributed by atoms with E-state index in [-0.39, 0.29) is 39.4 Å². The Balaban J connectivity index is 2.28. The van der Waals surface area contributed by atoms with E-state index in [1.165, 1.54) is 9.80 Å². The van der Waals surface area contributed by atoms with E-state index < -0.39 is 18.8 Å². The van der Waals surface area contributed by atoms with Gasteiger partial charge in [0.15, 0.2) is 0 Å². The molecule has 1 heterocycles. The minimum Gasteiger partial charge on any atom is -0.447 e. The maximum atomic E-state index is 12.1. The number of rotatable bonds is 3. The second kappa shape index (κ2) is 6.06. The number of aliphatic hydroxyl groups is 1. The molecule has 0 aromatic rings.